The maximum atomic E-state index is 12.1. The molecule has 1 aromatic carbocycles. The van der Waals surface area contributed by atoms with Crippen LogP contribution in [-0.2, 0) is 11.2 Å². The summed E-state index contributed by atoms with van der Waals surface area (Å²) in [4.78, 5) is 12.1. The molecule has 4 nitrogen and oxygen atoms in total. The van der Waals surface area contributed by atoms with E-state index in [2.05, 4.69) is 26.1 Å². The average molecular weight is 400 g/mol. The fourth-order valence-electron chi connectivity index (χ4n) is 2.84. The summed E-state index contributed by atoms with van der Waals surface area (Å²) in [5, 5.41) is 3.02. The van der Waals surface area contributed by atoms with Crippen LogP contribution >= 0.6 is 23.5 Å². The Hall–Kier alpha value is -1.01. The van der Waals surface area contributed by atoms with Gasteiger partial charge in [-0.1, -0.05) is 19.9 Å². The Morgan fingerprint density at radius 1 is 1.12 bits per heavy atom. The molecular formula is C20H33NO3S2. The van der Waals surface area contributed by atoms with Crippen LogP contribution in [0.5, 0.6) is 11.5 Å². The van der Waals surface area contributed by atoms with Crippen molar-refractivity contribution in [2.45, 2.75) is 50.5 Å². The minimum absolute atomic E-state index is 0.135. The first-order valence-corrected chi connectivity index (χ1v) is 11.2. The van der Waals surface area contributed by atoms with Crippen LogP contribution in [0.3, 0.4) is 0 Å². The van der Waals surface area contributed by atoms with E-state index in [1.54, 1.807) is 14.2 Å². The van der Waals surface area contributed by atoms with Crippen molar-refractivity contribution in [3.05, 3.63) is 23.8 Å². The summed E-state index contributed by atoms with van der Waals surface area (Å²) in [5.41, 5.74) is 1.12. The summed E-state index contributed by atoms with van der Waals surface area (Å²) in [7, 11) is 3.26. The normalized spacial score (nSPS) is 11.3. The summed E-state index contributed by atoms with van der Waals surface area (Å²) in [6, 6.07) is 5.86. The Bertz CT molecular complexity index is 546. The van der Waals surface area contributed by atoms with Crippen LogP contribution in [0.4, 0.5) is 0 Å². The molecule has 1 amide bonds. The topological polar surface area (TPSA) is 47.6 Å². The average Bonchev–Trinajstić information content (AvgIpc) is 2.62. The van der Waals surface area contributed by atoms with Crippen LogP contribution in [-0.4, -0.2) is 42.3 Å². The molecule has 0 aliphatic carbocycles. The van der Waals surface area contributed by atoms with Gasteiger partial charge in [-0.25, -0.2) is 0 Å². The molecule has 0 heterocycles. The number of carbonyl (C=O) groups is 1. The molecule has 0 fully saturated rings. The van der Waals surface area contributed by atoms with Crippen LogP contribution in [0.15, 0.2) is 18.2 Å². The second-order valence-electron chi connectivity index (χ2n) is 6.14. The van der Waals surface area contributed by atoms with Crippen molar-refractivity contribution in [2.24, 2.45) is 0 Å². The van der Waals surface area contributed by atoms with Gasteiger partial charge in [0.15, 0.2) is 11.5 Å². The molecule has 0 saturated carbocycles. The third-order valence-corrected chi connectivity index (χ3v) is 7.03. The molecule has 1 rings (SSSR count). The van der Waals surface area contributed by atoms with Crippen molar-refractivity contribution in [1.29, 1.82) is 0 Å². The lowest BCUT2D eigenvalue weighted by molar-refractivity contribution is -0.121. The Labute approximate surface area is 167 Å². The molecule has 0 atom stereocenters. The van der Waals surface area contributed by atoms with E-state index in [-0.39, 0.29) is 9.99 Å². The van der Waals surface area contributed by atoms with E-state index in [1.807, 2.05) is 41.7 Å². The maximum absolute atomic E-state index is 12.1. The van der Waals surface area contributed by atoms with Crippen molar-refractivity contribution in [2.75, 3.05) is 32.3 Å². The number of hydrogen-bond acceptors (Lipinski definition) is 5. The zero-order valence-electron chi connectivity index (χ0n) is 16.7. The monoisotopic (exact) mass is 399 g/mol. The molecule has 0 aliphatic rings. The van der Waals surface area contributed by atoms with Gasteiger partial charge < -0.3 is 14.8 Å². The molecule has 0 radical (unpaired) electrons. The molecule has 0 spiro atoms. The second-order valence-corrected chi connectivity index (χ2v) is 9.94. The van der Waals surface area contributed by atoms with Crippen molar-refractivity contribution >= 4 is 29.4 Å². The van der Waals surface area contributed by atoms with E-state index < -0.39 is 0 Å². The lowest BCUT2D eigenvalue weighted by Gasteiger charge is -2.27. The van der Waals surface area contributed by atoms with Crippen molar-refractivity contribution in [3.8, 4) is 11.5 Å². The van der Waals surface area contributed by atoms with Crippen LogP contribution in [0.1, 0.15) is 45.6 Å². The van der Waals surface area contributed by atoms with Gasteiger partial charge in [-0.15, -0.1) is 23.5 Å². The van der Waals surface area contributed by atoms with Gasteiger partial charge in [0.05, 0.1) is 18.3 Å². The van der Waals surface area contributed by atoms with E-state index in [1.165, 1.54) is 0 Å². The number of amides is 1. The molecule has 0 bridgehead atoms. The number of carbonyl (C=O) groups excluding carboxylic acids is 1. The van der Waals surface area contributed by atoms with Crippen LogP contribution in [0, 0.1) is 0 Å². The van der Waals surface area contributed by atoms with Gasteiger partial charge in [0.25, 0.3) is 0 Å². The maximum Gasteiger partial charge on any atom is 0.220 e. The Kier molecular flexibility index (Phi) is 11.0. The summed E-state index contributed by atoms with van der Waals surface area (Å²) < 4.78 is 10.8. The minimum Gasteiger partial charge on any atom is -0.493 e. The smallest absolute Gasteiger partial charge is 0.220 e. The number of methoxy groups -OCH3 is 2. The number of nitrogens with one attached hydrogen (secondary N) is 1. The molecule has 1 aromatic rings. The van der Waals surface area contributed by atoms with E-state index >= 15 is 0 Å². The molecule has 6 heteroatoms. The highest BCUT2D eigenvalue weighted by molar-refractivity contribution is 8.18. The first kappa shape index (κ1) is 23.0. The fourth-order valence-corrected chi connectivity index (χ4v) is 5.68. The summed E-state index contributed by atoms with van der Waals surface area (Å²) in [6.45, 7) is 7.32. The van der Waals surface area contributed by atoms with Gasteiger partial charge in [-0.05, 0) is 55.4 Å². The predicted molar refractivity (Wildman–Crippen MR) is 115 cm³/mol. The van der Waals surface area contributed by atoms with E-state index in [4.69, 9.17) is 9.47 Å². The zero-order valence-corrected chi connectivity index (χ0v) is 18.4. The number of thioether (sulfide) groups is 2. The highest BCUT2D eigenvalue weighted by Crippen LogP contribution is 2.40. The molecule has 0 unspecified atom stereocenters. The molecule has 0 aliphatic heterocycles. The van der Waals surface area contributed by atoms with E-state index in [0.717, 1.165) is 47.8 Å². The fraction of sp³-hybridized carbons (Fsp3) is 0.650. The van der Waals surface area contributed by atoms with Crippen LogP contribution in [0.2, 0.25) is 0 Å². The van der Waals surface area contributed by atoms with Gasteiger partial charge in [-0.3, -0.25) is 4.79 Å². The van der Waals surface area contributed by atoms with E-state index in [9.17, 15) is 4.79 Å². The number of hydrogen-bond donors (Lipinski definition) is 1. The Balaban J connectivity index is 2.34. The lowest BCUT2D eigenvalue weighted by Crippen LogP contribution is -2.26. The third kappa shape index (κ3) is 8.12. The molecular weight excluding hydrogens is 366 g/mol. The standard InChI is InChI=1S/C20H33NO3S2/c1-6-25-20(3,26-7-2)13-8-9-19(22)21-14-12-16-10-11-17(23-4)18(15-16)24-5/h10-11,15H,6-9,12-14H2,1-5H3,(H,21,22). The van der Waals surface area contributed by atoms with Crippen molar-refractivity contribution < 1.29 is 14.3 Å². The molecule has 1 N–H and O–H groups in total. The highest BCUT2D eigenvalue weighted by Gasteiger charge is 2.23. The summed E-state index contributed by atoms with van der Waals surface area (Å²) >= 11 is 3.97. The van der Waals surface area contributed by atoms with Gasteiger partial charge in [0.2, 0.25) is 5.91 Å². The third-order valence-electron chi connectivity index (χ3n) is 4.12. The van der Waals surface area contributed by atoms with Crippen molar-refractivity contribution in [1.82, 2.24) is 5.32 Å². The molecule has 0 aromatic heterocycles. The van der Waals surface area contributed by atoms with Crippen molar-refractivity contribution in [3.63, 3.8) is 0 Å². The van der Waals surface area contributed by atoms with E-state index in [0.29, 0.717) is 13.0 Å². The number of ether oxygens (including phenoxy) is 2. The van der Waals surface area contributed by atoms with Gasteiger partial charge in [0.1, 0.15) is 0 Å². The van der Waals surface area contributed by atoms with Gasteiger partial charge in [-0.2, -0.15) is 0 Å². The highest BCUT2D eigenvalue weighted by atomic mass is 32.2. The first-order valence-electron chi connectivity index (χ1n) is 9.23. The molecule has 26 heavy (non-hydrogen) atoms. The first-order chi connectivity index (χ1) is 12.5. The second kappa shape index (κ2) is 12.4. The zero-order chi connectivity index (χ0) is 19.4. The molecule has 148 valence electrons. The Morgan fingerprint density at radius 2 is 1.77 bits per heavy atom. The largest absolute Gasteiger partial charge is 0.493 e. The van der Waals surface area contributed by atoms with Crippen LogP contribution < -0.4 is 14.8 Å². The number of benzene rings is 1. The van der Waals surface area contributed by atoms with Crippen LogP contribution in [0.25, 0.3) is 0 Å². The SMILES string of the molecule is CCSC(C)(CCCC(=O)NCCc1ccc(OC)c(OC)c1)SCC. The van der Waals surface area contributed by atoms with Gasteiger partial charge in [0, 0.05) is 13.0 Å². The van der Waals surface area contributed by atoms with Gasteiger partial charge >= 0.3 is 0 Å². The predicted octanol–water partition coefficient (Wildman–Crippen LogP) is 4.76. The quantitative estimate of drug-likeness (QED) is 0.485. The lowest BCUT2D eigenvalue weighted by atomic mass is 10.1. The summed E-state index contributed by atoms with van der Waals surface area (Å²) in [6.07, 6.45) is 3.36. The minimum atomic E-state index is 0.135. The molecule has 0 saturated heterocycles. The Morgan fingerprint density at radius 3 is 2.35 bits per heavy atom. The number of rotatable bonds is 13. The summed E-state index contributed by atoms with van der Waals surface area (Å²) in [5.74, 6) is 3.80.